The van der Waals surface area contributed by atoms with Crippen molar-refractivity contribution in [3.63, 3.8) is 0 Å². The molecule has 0 bridgehead atoms. The van der Waals surface area contributed by atoms with Crippen molar-refractivity contribution in [1.29, 1.82) is 0 Å². The summed E-state index contributed by atoms with van der Waals surface area (Å²) in [5.41, 5.74) is 4.13. The molecule has 0 radical (unpaired) electrons. The molecule has 3 amide bonds. The molecule has 1 aromatic carbocycles. The van der Waals surface area contributed by atoms with Crippen LogP contribution in [0.15, 0.2) is 48.8 Å². The maximum absolute atomic E-state index is 13.2. The molecule has 6 heteroatoms. The van der Waals surface area contributed by atoms with Gasteiger partial charge in [-0.25, -0.2) is 4.79 Å². The predicted molar refractivity (Wildman–Crippen MR) is 101 cm³/mol. The fourth-order valence-electron chi connectivity index (χ4n) is 4.45. The smallest absolute Gasteiger partial charge is 0.328 e. The number of aromatic nitrogens is 2. The van der Waals surface area contributed by atoms with Gasteiger partial charge in [-0.2, -0.15) is 0 Å². The van der Waals surface area contributed by atoms with Gasteiger partial charge in [0, 0.05) is 42.0 Å². The summed E-state index contributed by atoms with van der Waals surface area (Å²) in [7, 11) is 0. The number of amides is 3. The minimum atomic E-state index is -0.450. The summed E-state index contributed by atoms with van der Waals surface area (Å²) in [6.45, 7) is 2.44. The molecule has 1 saturated heterocycles. The van der Waals surface area contributed by atoms with Crippen molar-refractivity contribution in [3.8, 4) is 0 Å². The minimum absolute atomic E-state index is 0.0863. The van der Waals surface area contributed by atoms with Crippen LogP contribution in [-0.4, -0.2) is 44.3 Å². The maximum atomic E-state index is 13.2. The van der Waals surface area contributed by atoms with Crippen molar-refractivity contribution in [1.82, 2.24) is 19.8 Å². The number of para-hydroxylation sites is 1. The molecule has 2 aliphatic rings. The van der Waals surface area contributed by atoms with Crippen molar-refractivity contribution >= 4 is 22.8 Å². The molecule has 0 unspecified atom stereocenters. The van der Waals surface area contributed by atoms with Gasteiger partial charge >= 0.3 is 6.03 Å². The lowest BCUT2D eigenvalue weighted by Crippen LogP contribution is -2.44. The van der Waals surface area contributed by atoms with Crippen LogP contribution in [0.3, 0.4) is 0 Å². The number of fused-ring (bicyclic) bond motifs is 4. The van der Waals surface area contributed by atoms with E-state index in [1.807, 2.05) is 37.3 Å². The van der Waals surface area contributed by atoms with Crippen LogP contribution in [0.4, 0.5) is 4.79 Å². The molecule has 5 rings (SSSR count). The zero-order valence-electron chi connectivity index (χ0n) is 15.1. The summed E-state index contributed by atoms with van der Waals surface area (Å²) in [4.78, 5) is 37.0. The van der Waals surface area contributed by atoms with Gasteiger partial charge in [-0.1, -0.05) is 25.1 Å². The first-order chi connectivity index (χ1) is 13.2. The fraction of sp³-hybridized carbons (Fsp3) is 0.286. The Morgan fingerprint density at radius 3 is 2.70 bits per heavy atom. The molecule has 0 spiro atoms. The molecule has 4 heterocycles. The summed E-state index contributed by atoms with van der Waals surface area (Å²) in [5.74, 6) is -0.0863. The van der Waals surface area contributed by atoms with Gasteiger partial charge < -0.3 is 4.98 Å². The van der Waals surface area contributed by atoms with Crippen LogP contribution < -0.4 is 0 Å². The zero-order valence-corrected chi connectivity index (χ0v) is 15.1. The highest BCUT2D eigenvalue weighted by molar-refractivity contribution is 6.05. The van der Waals surface area contributed by atoms with Gasteiger partial charge in [0.25, 0.3) is 5.91 Å². The van der Waals surface area contributed by atoms with E-state index in [-0.39, 0.29) is 18.0 Å². The van der Waals surface area contributed by atoms with Gasteiger partial charge in [-0.3, -0.25) is 19.6 Å². The second-order valence-electron chi connectivity index (χ2n) is 7.15. The van der Waals surface area contributed by atoms with Gasteiger partial charge in [-0.15, -0.1) is 0 Å². The van der Waals surface area contributed by atoms with Gasteiger partial charge in [0.2, 0.25) is 0 Å². The standard InChI is InChI=1S/C21H20N4O2/c1-2-11-24-20(26)17-12-15-14-5-3-4-6-16(14)23-18(15)19(25(17)21(24)27)13-7-9-22-10-8-13/h3-10,17,19,23H,2,11-12H2,1H3/t17-,19+/m0/s1. The second kappa shape index (κ2) is 5.94. The Labute approximate surface area is 156 Å². The van der Waals surface area contributed by atoms with Crippen LogP contribution in [0.5, 0.6) is 0 Å². The Kier molecular flexibility index (Phi) is 3.53. The van der Waals surface area contributed by atoms with E-state index < -0.39 is 6.04 Å². The highest BCUT2D eigenvalue weighted by atomic mass is 16.2. The first-order valence-electron chi connectivity index (χ1n) is 9.33. The quantitative estimate of drug-likeness (QED) is 0.729. The molecule has 1 fully saturated rings. The van der Waals surface area contributed by atoms with E-state index in [2.05, 4.69) is 16.0 Å². The molecule has 0 saturated carbocycles. The Bertz CT molecular complexity index is 1040. The lowest BCUT2D eigenvalue weighted by Gasteiger charge is -2.35. The first kappa shape index (κ1) is 16.1. The number of carbonyl (C=O) groups excluding carboxylic acids is 2. The van der Waals surface area contributed by atoms with Crippen LogP contribution in [0.2, 0.25) is 0 Å². The Hall–Kier alpha value is -3.15. The maximum Gasteiger partial charge on any atom is 0.328 e. The number of aromatic amines is 1. The number of hydrogen-bond donors (Lipinski definition) is 1. The largest absolute Gasteiger partial charge is 0.356 e. The van der Waals surface area contributed by atoms with Gasteiger partial charge in [-0.05, 0) is 35.7 Å². The number of hydrogen-bond acceptors (Lipinski definition) is 3. The molecule has 136 valence electrons. The summed E-state index contributed by atoms with van der Waals surface area (Å²) in [5, 5.41) is 1.13. The SMILES string of the molecule is CCCN1C(=O)[C@@H]2Cc3c([nH]c4ccccc34)[C@@H](c3ccncc3)N2C1=O. The fourth-order valence-corrected chi connectivity index (χ4v) is 4.45. The number of pyridine rings is 1. The number of nitrogens with one attached hydrogen (secondary N) is 1. The Balaban J connectivity index is 1.73. The van der Waals surface area contributed by atoms with Crippen molar-refractivity contribution in [3.05, 3.63) is 65.6 Å². The lowest BCUT2D eigenvalue weighted by atomic mass is 9.89. The third-order valence-electron chi connectivity index (χ3n) is 5.60. The van der Waals surface area contributed by atoms with E-state index in [0.717, 1.165) is 34.1 Å². The molecule has 1 N–H and O–H groups in total. The van der Waals surface area contributed by atoms with Crippen LogP contribution >= 0.6 is 0 Å². The van der Waals surface area contributed by atoms with E-state index in [0.29, 0.717) is 13.0 Å². The van der Waals surface area contributed by atoms with Crippen molar-refractivity contribution < 1.29 is 9.59 Å². The van der Waals surface area contributed by atoms with Crippen molar-refractivity contribution in [2.24, 2.45) is 0 Å². The third kappa shape index (κ3) is 2.22. The van der Waals surface area contributed by atoms with Crippen molar-refractivity contribution in [2.45, 2.75) is 31.8 Å². The summed E-state index contributed by atoms with van der Waals surface area (Å²) in [6.07, 6.45) is 4.76. The molecular formula is C21H20N4O2. The van der Waals surface area contributed by atoms with Crippen LogP contribution in [0.25, 0.3) is 10.9 Å². The van der Waals surface area contributed by atoms with Crippen LogP contribution in [0, 0.1) is 0 Å². The number of urea groups is 1. The lowest BCUT2D eigenvalue weighted by molar-refractivity contribution is -0.128. The Morgan fingerprint density at radius 2 is 1.93 bits per heavy atom. The molecule has 3 aromatic rings. The monoisotopic (exact) mass is 360 g/mol. The summed E-state index contributed by atoms with van der Waals surface area (Å²) in [6, 6.07) is 11.0. The van der Waals surface area contributed by atoms with Gasteiger partial charge in [0.15, 0.2) is 0 Å². The average Bonchev–Trinajstić information content (AvgIpc) is 3.18. The molecule has 2 atom stereocenters. The highest BCUT2D eigenvalue weighted by Crippen LogP contribution is 2.43. The number of imide groups is 1. The normalized spacial score (nSPS) is 21.7. The average molecular weight is 360 g/mol. The van der Waals surface area contributed by atoms with E-state index in [9.17, 15) is 9.59 Å². The van der Waals surface area contributed by atoms with E-state index in [1.54, 1.807) is 17.3 Å². The number of rotatable bonds is 3. The summed E-state index contributed by atoms with van der Waals surface area (Å²) >= 11 is 0. The number of nitrogens with zero attached hydrogens (tertiary/aromatic N) is 3. The topological polar surface area (TPSA) is 69.3 Å². The summed E-state index contributed by atoms with van der Waals surface area (Å²) < 4.78 is 0. The number of carbonyl (C=O) groups is 2. The molecule has 2 aromatic heterocycles. The highest BCUT2D eigenvalue weighted by Gasteiger charge is 2.52. The molecular weight excluding hydrogens is 340 g/mol. The Morgan fingerprint density at radius 1 is 1.15 bits per heavy atom. The van der Waals surface area contributed by atoms with Crippen molar-refractivity contribution in [2.75, 3.05) is 6.54 Å². The van der Waals surface area contributed by atoms with Gasteiger partial charge in [0.05, 0.1) is 0 Å². The van der Waals surface area contributed by atoms with Crippen LogP contribution in [-0.2, 0) is 11.2 Å². The minimum Gasteiger partial charge on any atom is -0.356 e. The van der Waals surface area contributed by atoms with E-state index >= 15 is 0 Å². The first-order valence-corrected chi connectivity index (χ1v) is 9.33. The number of benzene rings is 1. The van der Waals surface area contributed by atoms with Gasteiger partial charge in [0.1, 0.15) is 12.1 Å². The second-order valence-corrected chi connectivity index (χ2v) is 7.15. The molecule has 27 heavy (non-hydrogen) atoms. The number of H-pyrrole nitrogens is 1. The zero-order chi connectivity index (χ0) is 18.5. The van der Waals surface area contributed by atoms with Crippen LogP contribution in [0.1, 0.15) is 36.2 Å². The van der Waals surface area contributed by atoms with E-state index in [4.69, 9.17) is 0 Å². The molecule has 2 aliphatic heterocycles. The molecule has 6 nitrogen and oxygen atoms in total. The van der Waals surface area contributed by atoms with E-state index in [1.165, 1.54) is 4.90 Å². The third-order valence-corrected chi connectivity index (χ3v) is 5.60. The predicted octanol–water partition coefficient (Wildman–Crippen LogP) is 3.25. The molecule has 0 aliphatic carbocycles.